The summed E-state index contributed by atoms with van der Waals surface area (Å²) in [6, 6.07) is 5.77. The summed E-state index contributed by atoms with van der Waals surface area (Å²) in [5.74, 6) is -0.434. The van der Waals surface area contributed by atoms with Crippen molar-refractivity contribution >= 4 is 11.7 Å². The molecule has 0 spiro atoms. The fourth-order valence-corrected chi connectivity index (χ4v) is 1.05. The van der Waals surface area contributed by atoms with Crippen molar-refractivity contribution in [1.29, 1.82) is 0 Å². The van der Waals surface area contributed by atoms with E-state index in [2.05, 4.69) is 10.6 Å². The minimum atomic E-state index is -0.434. The van der Waals surface area contributed by atoms with E-state index in [4.69, 9.17) is 0 Å². The maximum Gasteiger partial charge on any atom is 0.319 e. The molecule has 1 atom stereocenters. The maximum atomic E-state index is 13.1. The van der Waals surface area contributed by atoms with E-state index in [1.807, 2.05) is 13.8 Å². The average Bonchev–Trinajstić information content (AvgIpc) is 2.21. The molecule has 4 heteroatoms. The predicted molar refractivity (Wildman–Crippen MR) is 58.3 cm³/mol. The summed E-state index contributed by atoms with van der Waals surface area (Å²) in [5, 5.41) is 5.14. The molecule has 2 N–H and O–H groups in total. The molecule has 0 radical (unpaired) electrons. The lowest BCUT2D eigenvalue weighted by Crippen LogP contribution is -2.35. The zero-order valence-electron chi connectivity index (χ0n) is 8.88. The summed E-state index contributed by atoms with van der Waals surface area (Å²) >= 11 is 0. The standard InChI is InChI=1S/C11H15FN2O/c1-3-8(2)13-11(15)14-10-7-5-4-6-9(10)12/h4-8H,3H2,1-2H3,(H2,13,14,15)/t8-/m1/s1. The quantitative estimate of drug-likeness (QED) is 0.791. The highest BCUT2D eigenvalue weighted by molar-refractivity contribution is 5.89. The van der Waals surface area contributed by atoms with Gasteiger partial charge in [-0.2, -0.15) is 0 Å². The minimum Gasteiger partial charge on any atom is -0.335 e. The molecule has 3 nitrogen and oxygen atoms in total. The van der Waals surface area contributed by atoms with Crippen molar-refractivity contribution in [3.8, 4) is 0 Å². The first kappa shape index (κ1) is 11.5. The van der Waals surface area contributed by atoms with Gasteiger partial charge in [0.2, 0.25) is 0 Å². The Labute approximate surface area is 88.7 Å². The van der Waals surface area contributed by atoms with Crippen molar-refractivity contribution in [2.45, 2.75) is 26.3 Å². The van der Waals surface area contributed by atoms with Crippen LogP contribution in [-0.2, 0) is 0 Å². The molecule has 0 aromatic heterocycles. The molecule has 1 aromatic carbocycles. The highest BCUT2D eigenvalue weighted by atomic mass is 19.1. The fraction of sp³-hybridized carbons (Fsp3) is 0.364. The first-order chi connectivity index (χ1) is 7.13. The zero-order chi connectivity index (χ0) is 11.3. The summed E-state index contributed by atoms with van der Waals surface area (Å²) in [6.45, 7) is 3.86. The Balaban J connectivity index is 2.55. The van der Waals surface area contributed by atoms with Gasteiger partial charge in [0.15, 0.2) is 0 Å². The first-order valence-corrected chi connectivity index (χ1v) is 4.95. The molecule has 0 saturated carbocycles. The van der Waals surface area contributed by atoms with Gasteiger partial charge in [-0.05, 0) is 25.5 Å². The second kappa shape index (κ2) is 5.34. The molecule has 0 aliphatic rings. The van der Waals surface area contributed by atoms with Crippen LogP contribution in [0.1, 0.15) is 20.3 Å². The van der Waals surface area contributed by atoms with E-state index in [1.165, 1.54) is 12.1 Å². The van der Waals surface area contributed by atoms with Gasteiger partial charge in [-0.3, -0.25) is 0 Å². The van der Waals surface area contributed by atoms with Crippen LogP contribution in [0.25, 0.3) is 0 Å². The topological polar surface area (TPSA) is 41.1 Å². The smallest absolute Gasteiger partial charge is 0.319 e. The van der Waals surface area contributed by atoms with Gasteiger partial charge in [-0.25, -0.2) is 9.18 Å². The number of hydrogen-bond acceptors (Lipinski definition) is 1. The summed E-state index contributed by atoms with van der Waals surface area (Å²) in [6.07, 6.45) is 0.838. The molecule has 0 heterocycles. The highest BCUT2D eigenvalue weighted by Gasteiger charge is 2.07. The van der Waals surface area contributed by atoms with E-state index >= 15 is 0 Å². The summed E-state index contributed by atoms with van der Waals surface area (Å²) in [4.78, 5) is 11.3. The lowest BCUT2D eigenvalue weighted by Gasteiger charge is -2.12. The van der Waals surface area contributed by atoms with Crippen molar-refractivity contribution in [2.24, 2.45) is 0 Å². The molecular formula is C11H15FN2O. The lowest BCUT2D eigenvalue weighted by molar-refractivity contribution is 0.249. The molecule has 1 aromatic rings. The second-order valence-corrected chi connectivity index (χ2v) is 3.39. The van der Waals surface area contributed by atoms with Gasteiger partial charge in [-0.15, -0.1) is 0 Å². The van der Waals surface area contributed by atoms with Crippen LogP contribution in [-0.4, -0.2) is 12.1 Å². The van der Waals surface area contributed by atoms with Crippen LogP contribution in [0, 0.1) is 5.82 Å². The summed E-state index contributed by atoms with van der Waals surface area (Å²) in [7, 11) is 0. The number of carbonyl (C=O) groups is 1. The number of hydrogen-bond donors (Lipinski definition) is 2. The monoisotopic (exact) mass is 210 g/mol. The van der Waals surface area contributed by atoms with Crippen molar-refractivity contribution in [3.63, 3.8) is 0 Å². The lowest BCUT2D eigenvalue weighted by atomic mass is 10.3. The number of anilines is 1. The van der Waals surface area contributed by atoms with Crippen LogP contribution in [0.15, 0.2) is 24.3 Å². The highest BCUT2D eigenvalue weighted by Crippen LogP contribution is 2.11. The van der Waals surface area contributed by atoms with Gasteiger partial charge < -0.3 is 10.6 Å². The van der Waals surface area contributed by atoms with Crippen LogP contribution in [0.5, 0.6) is 0 Å². The molecule has 2 amide bonds. The van der Waals surface area contributed by atoms with Crippen molar-refractivity contribution < 1.29 is 9.18 Å². The number of halogens is 1. The molecule has 0 aliphatic heterocycles. The van der Waals surface area contributed by atoms with E-state index in [0.29, 0.717) is 0 Å². The van der Waals surface area contributed by atoms with Crippen molar-refractivity contribution in [3.05, 3.63) is 30.1 Å². The molecule has 0 fully saturated rings. The SMILES string of the molecule is CC[C@@H](C)NC(=O)Nc1ccccc1F. The Morgan fingerprint density at radius 1 is 1.47 bits per heavy atom. The third kappa shape index (κ3) is 3.58. The molecular weight excluding hydrogens is 195 g/mol. The molecule has 0 aliphatic carbocycles. The molecule has 15 heavy (non-hydrogen) atoms. The van der Waals surface area contributed by atoms with Crippen LogP contribution in [0.4, 0.5) is 14.9 Å². The molecule has 0 saturated heterocycles. The van der Waals surface area contributed by atoms with E-state index < -0.39 is 5.82 Å². The number of rotatable bonds is 3. The van der Waals surface area contributed by atoms with E-state index in [0.717, 1.165) is 6.42 Å². The number of amides is 2. The van der Waals surface area contributed by atoms with Gasteiger partial charge in [0.25, 0.3) is 0 Å². The minimum absolute atomic E-state index is 0.0803. The average molecular weight is 210 g/mol. The van der Waals surface area contributed by atoms with Gasteiger partial charge in [-0.1, -0.05) is 19.1 Å². The molecule has 0 bridgehead atoms. The molecule has 0 unspecified atom stereocenters. The largest absolute Gasteiger partial charge is 0.335 e. The van der Waals surface area contributed by atoms with Crippen LogP contribution >= 0.6 is 0 Å². The Hall–Kier alpha value is -1.58. The normalized spacial score (nSPS) is 11.9. The number of para-hydroxylation sites is 1. The number of carbonyl (C=O) groups excluding carboxylic acids is 1. The van der Waals surface area contributed by atoms with Crippen LogP contribution in [0.2, 0.25) is 0 Å². The Bertz CT molecular complexity index is 341. The summed E-state index contributed by atoms with van der Waals surface area (Å²) in [5.41, 5.74) is 0.193. The van der Waals surface area contributed by atoms with E-state index in [1.54, 1.807) is 12.1 Å². The van der Waals surface area contributed by atoms with Crippen LogP contribution in [0.3, 0.4) is 0 Å². The van der Waals surface area contributed by atoms with Gasteiger partial charge in [0, 0.05) is 6.04 Å². The second-order valence-electron chi connectivity index (χ2n) is 3.39. The van der Waals surface area contributed by atoms with E-state index in [9.17, 15) is 9.18 Å². The summed E-state index contributed by atoms with van der Waals surface area (Å²) < 4.78 is 13.1. The molecule has 82 valence electrons. The Morgan fingerprint density at radius 2 is 2.13 bits per heavy atom. The van der Waals surface area contributed by atoms with Gasteiger partial charge in [0.05, 0.1) is 5.69 Å². The van der Waals surface area contributed by atoms with Crippen molar-refractivity contribution in [2.75, 3.05) is 5.32 Å². The third-order valence-corrected chi connectivity index (χ3v) is 2.11. The Morgan fingerprint density at radius 3 is 2.73 bits per heavy atom. The van der Waals surface area contributed by atoms with E-state index in [-0.39, 0.29) is 17.8 Å². The van der Waals surface area contributed by atoms with Crippen molar-refractivity contribution in [1.82, 2.24) is 5.32 Å². The third-order valence-electron chi connectivity index (χ3n) is 2.11. The first-order valence-electron chi connectivity index (χ1n) is 4.95. The fourth-order valence-electron chi connectivity index (χ4n) is 1.05. The van der Waals surface area contributed by atoms with Crippen LogP contribution < -0.4 is 10.6 Å². The Kier molecular flexibility index (Phi) is 4.09. The van der Waals surface area contributed by atoms with Gasteiger partial charge >= 0.3 is 6.03 Å². The van der Waals surface area contributed by atoms with Gasteiger partial charge in [0.1, 0.15) is 5.82 Å². The number of urea groups is 1. The number of nitrogens with one attached hydrogen (secondary N) is 2. The number of benzene rings is 1. The zero-order valence-corrected chi connectivity index (χ0v) is 8.88. The molecule has 1 rings (SSSR count). The predicted octanol–water partition coefficient (Wildman–Crippen LogP) is 2.75. The maximum absolute atomic E-state index is 13.1.